The Kier molecular flexibility index (Phi) is 6.60. The monoisotopic (exact) mass is 432 g/mol. The second-order valence-corrected chi connectivity index (χ2v) is 8.13. The summed E-state index contributed by atoms with van der Waals surface area (Å²) in [5.74, 6) is -0.324. The van der Waals surface area contributed by atoms with Crippen molar-refractivity contribution in [1.29, 1.82) is 0 Å². The molecule has 144 valence electrons. The zero-order chi connectivity index (χ0) is 19.5. The van der Waals surface area contributed by atoms with Crippen LogP contribution >= 0.6 is 15.9 Å². The van der Waals surface area contributed by atoms with Crippen molar-refractivity contribution < 1.29 is 23.1 Å². The third-order valence-electron chi connectivity index (χ3n) is 3.91. The molecule has 1 aliphatic heterocycles. The number of nitrogens with zero attached hydrogens (tertiary/aromatic N) is 1. The van der Waals surface area contributed by atoms with Crippen LogP contribution in [0, 0.1) is 0 Å². The highest BCUT2D eigenvalue weighted by atomic mass is 79.9. The number of carbonyl (C=O) groups is 2. The van der Waals surface area contributed by atoms with E-state index in [-0.39, 0.29) is 27.5 Å². The minimum Gasteiger partial charge on any atom is -0.444 e. The van der Waals surface area contributed by atoms with E-state index in [9.17, 15) is 18.4 Å². The molecule has 8 heteroatoms. The van der Waals surface area contributed by atoms with Crippen LogP contribution in [-0.2, 0) is 4.74 Å². The van der Waals surface area contributed by atoms with Crippen molar-refractivity contribution in [2.24, 2.45) is 0 Å². The van der Waals surface area contributed by atoms with E-state index in [1.165, 1.54) is 18.2 Å². The molecule has 0 radical (unpaired) electrons. The number of ether oxygens (including phenoxy) is 1. The fourth-order valence-electron chi connectivity index (χ4n) is 2.78. The van der Waals surface area contributed by atoms with Crippen molar-refractivity contribution in [3.8, 4) is 0 Å². The van der Waals surface area contributed by atoms with Gasteiger partial charge in [0, 0.05) is 34.7 Å². The summed E-state index contributed by atoms with van der Waals surface area (Å²) >= 11 is 3.07. The molecule has 0 aromatic heterocycles. The van der Waals surface area contributed by atoms with Gasteiger partial charge >= 0.3 is 6.09 Å². The van der Waals surface area contributed by atoms with Gasteiger partial charge in [-0.1, -0.05) is 15.9 Å². The van der Waals surface area contributed by atoms with E-state index < -0.39 is 18.1 Å². The van der Waals surface area contributed by atoms with E-state index in [4.69, 9.17) is 4.74 Å². The van der Waals surface area contributed by atoms with Crippen LogP contribution in [0.5, 0.6) is 0 Å². The maximum atomic E-state index is 13.0. The number of alkyl carbamates (subject to hydrolysis) is 1. The Morgan fingerprint density at radius 3 is 2.65 bits per heavy atom. The number of nitrogens with one attached hydrogen (secondary N) is 1. The van der Waals surface area contributed by atoms with E-state index in [0.717, 1.165) is 6.42 Å². The van der Waals surface area contributed by atoms with Crippen molar-refractivity contribution in [3.05, 3.63) is 33.8 Å². The molecule has 2 amide bonds. The van der Waals surface area contributed by atoms with Crippen molar-refractivity contribution in [2.45, 2.75) is 51.7 Å². The maximum absolute atomic E-state index is 13.0. The lowest BCUT2D eigenvalue weighted by Crippen LogP contribution is -2.50. The lowest BCUT2D eigenvalue weighted by Gasteiger charge is -2.33. The summed E-state index contributed by atoms with van der Waals surface area (Å²) in [6.45, 7) is 6.16. The van der Waals surface area contributed by atoms with Crippen LogP contribution in [0.25, 0.3) is 0 Å². The number of alkyl halides is 2. The molecule has 26 heavy (non-hydrogen) atoms. The molecule has 0 spiro atoms. The van der Waals surface area contributed by atoms with Crippen LogP contribution in [-0.4, -0.2) is 41.6 Å². The van der Waals surface area contributed by atoms with Gasteiger partial charge in [0.15, 0.2) is 0 Å². The number of benzene rings is 1. The van der Waals surface area contributed by atoms with Gasteiger partial charge in [0.05, 0.1) is 0 Å². The van der Waals surface area contributed by atoms with Gasteiger partial charge in [-0.3, -0.25) is 4.79 Å². The minimum atomic E-state index is -2.67. The first-order valence-corrected chi connectivity index (χ1v) is 9.22. The van der Waals surface area contributed by atoms with Crippen molar-refractivity contribution in [2.75, 3.05) is 13.1 Å². The van der Waals surface area contributed by atoms with E-state index >= 15 is 0 Å². The first-order valence-electron chi connectivity index (χ1n) is 8.43. The Morgan fingerprint density at radius 2 is 2.04 bits per heavy atom. The predicted octanol–water partition coefficient (Wildman–Crippen LogP) is 4.52. The molecule has 0 saturated carbocycles. The smallest absolute Gasteiger partial charge is 0.407 e. The zero-order valence-electron chi connectivity index (χ0n) is 15.0. The fraction of sp³-hybridized carbons (Fsp3) is 0.556. The lowest BCUT2D eigenvalue weighted by molar-refractivity contribution is 0.0452. The predicted molar refractivity (Wildman–Crippen MR) is 97.4 cm³/mol. The molecule has 1 aromatic rings. The molecule has 1 heterocycles. The molecule has 0 aliphatic carbocycles. The Morgan fingerprint density at radius 1 is 1.35 bits per heavy atom. The summed E-state index contributed by atoms with van der Waals surface area (Å²) in [7, 11) is 0. The van der Waals surface area contributed by atoms with Crippen LogP contribution in [0.4, 0.5) is 13.6 Å². The molecule has 2 rings (SSSR count). The highest BCUT2D eigenvalue weighted by Gasteiger charge is 2.27. The normalized spacial score (nSPS) is 18.0. The third kappa shape index (κ3) is 5.65. The van der Waals surface area contributed by atoms with Gasteiger partial charge in [0.1, 0.15) is 5.60 Å². The molecular weight excluding hydrogens is 410 g/mol. The fourth-order valence-corrected chi connectivity index (χ4v) is 3.20. The lowest BCUT2D eigenvalue weighted by atomic mass is 10.0. The van der Waals surface area contributed by atoms with Gasteiger partial charge in [0.25, 0.3) is 12.3 Å². The first-order chi connectivity index (χ1) is 12.1. The number of hydrogen-bond donors (Lipinski definition) is 1. The van der Waals surface area contributed by atoms with E-state index in [2.05, 4.69) is 21.2 Å². The Bertz CT molecular complexity index is 677. The van der Waals surface area contributed by atoms with Crippen molar-refractivity contribution >= 4 is 27.9 Å². The second-order valence-electron chi connectivity index (χ2n) is 7.27. The molecule has 5 nitrogen and oxygen atoms in total. The number of rotatable bonds is 3. The summed E-state index contributed by atoms with van der Waals surface area (Å²) in [6, 6.07) is 3.95. The van der Waals surface area contributed by atoms with E-state index in [1.54, 1.807) is 25.7 Å². The van der Waals surface area contributed by atoms with Crippen LogP contribution in [0.2, 0.25) is 0 Å². The number of carbonyl (C=O) groups excluding carboxylic acids is 2. The molecule has 1 N–H and O–H groups in total. The minimum absolute atomic E-state index is 0.210. The topological polar surface area (TPSA) is 58.6 Å². The molecule has 1 saturated heterocycles. The zero-order valence-corrected chi connectivity index (χ0v) is 16.6. The van der Waals surface area contributed by atoms with Crippen molar-refractivity contribution in [1.82, 2.24) is 10.2 Å². The molecule has 1 aromatic carbocycles. The van der Waals surface area contributed by atoms with Crippen LogP contribution in [0.1, 0.15) is 56.0 Å². The number of halogens is 3. The Hall–Kier alpha value is -1.70. The molecular formula is C18H23BrF2N2O3. The summed E-state index contributed by atoms with van der Waals surface area (Å²) in [4.78, 5) is 26.1. The maximum Gasteiger partial charge on any atom is 0.407 e. The van der Waals surface area contributed by atoms with E-state index in [0.29, 0.717) is 19.5 Å². The van der Waals surface area contributed by atoms with Crippen LogP contribution < -0.4 is 5.32 Å². The molecule has 0 bridgehead atoms. The average molecular weight is 433 g/mol. The number of likely N-dealkylation sites (tertiary alicyclic amines) is 1. The quantitative estimate of drug-likeness (QED) is 0.763. The summed E-state index contributed by atoms with van der Waals surface area (Å²) in [5.41, 5.74) is -0.602. The second kappa shape index (κ2) is 8.33. The van der Waals surface area contributed by atoms with E-state index in [1.807, 2.05) is 0 Å². The van der Waals surface area contributed by atoms with Gasteiger partial charge in [0.2, 0.25) is 0 Å². The van der Waals surface area contributed by atoms with Crippen LogP contribution in [0.15, 0.2) is 22.7 Å². The Balaban J connectivity index is 2.04. The Labute approximate surface area is 160 Å². The standard InChI is InChI=1S/C18H23BrF2N2O3/c1-18(2,3)26-17(25)22-12-5-4-8-23(10-12)16(24)11-6-7-14(19)13(9-11)15(20)21/h6-7,9,12,15H,4-5,8,10H2,1-3H3,(H,22,25)/t12-/m0/s1. The number of piperidine rings is 1. The summed E-state index contributed by atoms with van der Waals surface area (Å²) in [6.07, 6.45) is -1.75. The van der Waals surface area contributed by atoms with Gasteiger partial charge in [-0.2, -0.15) is 0 Å². The van der Waals surface area contributed by atoms with Gasteiger partial charge in [-0.25, -0.2) is 13.6 Å². The molecule has 1 fully saturated rings. The van der Waals surface area contributed by atoms with Crippen LogP contribution in [0.3, 0.4) is 0 Å². The molecule has 1 atom stereocenters. The van der Waals surface area contributed by atoms with Gasteiger partial charge in [-0.05, 0) is 51.8 Å². The average Bonchev–Trinajstić information content (AvgIpc) is 2.52. The summed E-state index contributed by atoms with van der Waals surface area (Å²) < 4.78 is 31.6. The highest BCUT2D eigenvalue weighted by molar-refractivity contribution is 9.10. The summed E-state index contributed by atoms with van der Waals surface area (Å²) in [5, 5.41) is 2.77. The first kappa shape index (κ1) is 20.6. The molecule has 0 unspecified atom stereocenters. The molecule has 1 aliphatic rings. The largest absolute Gasteiger partial charge is 0.444 e. The van der Waals surface area contributed by atoms with Gasteiger partial charge < -0.3 is 15.0 Å². The highest BCUT2D eigenvalue weighted by Crippen LogP contribution is 2.29. The van der Waals surface area contributed by atoms with Crippen molar-refractivity contribution in [3.63, 3.8) is 0 Å². The van der Waals surface area contributed by atoms with Gasteiger partial charge in [-0.15, -0.1) is 0 Å². The number of amides is 2. The SMILES string of the molecule is CC(C)(C)OC(=O)N[C@H]1CCCN(C(=O)c2ccc(Br)c(C(F)F)c2)C1. The third-order valence-corrected chi connectivity index (χ3v) is 4.63. The number of hydrogen-bond acceptors (Lipinski definition) is 3.